The molecular weight excluding hydrogens is 276 g/mol. The molecule has 5 heteroatoms. The van der Waals surface area contributed by atoms with Gasteiger partial charge in [-0.2, -0.15) is 0 Å². The van der Waals surface area contributed by atoms with Crippen LogP contribution in [0.3, 0.4) is 0 Å². The molecule has 22 heavy (non-hydrogen) atoms. The maximum atomic E-state index is 5.93. The first-order chi connectivity index (χ1) is 10.7. The summed E-state index contributed by atoms with van der Waals surface area (Å²) in [5, 5.41) is 3.09. The zero-order chi connectivity index (χ0) is 16.2. The van der Waals surface area contributed by atoms with Crippen molar-refractivity contribution in [2.45, 2.75) is 33.1 Å². The highest BCUT2D eigenvalue weighted by atomic mass is 16.5. The van der Waals surface area contributed by atoms with Crippen molar-refractivity contribution in [3.63, 3.8) is 0 Å². The number of nitrogens with one attached hydrogen (secondary N) is 1. The monoisotopic (exact) mass is 306 g/mol. The number of nitrogens with zero attached hydrogens (tertiary/aromatic N) is 2. The molecule has 1 aromatic rings. The summed E-state index contributed by atoms with van der Waals surface area (Å²) in [5.41, 5.74) is 6.77. The van der Waals surface area contributed by atoms with Gasteiger partial charge >= 0.3 is 0 Å². The lowest BCUT2D eigenvalue weighted by Crippen LogP contribution is -2.27. The second-order valence-corrected chi connectivity index (χ2v) is 5.29. The van der Waals surface area contributed by atoms with Crippen LogP contribution >= 0.6 is 0 Å². The number of guanidine groups is 1. The van der Waals surface area contributed by atoms with E-state index in [9.17, 15) is 0 Å². The zero-order valence-electron chi connectivity index (χ0n) is 14.1. The number of ether oxygens (including phenoxy) is 1. The van der Waals surface area contributed by atoms with E-state index in [4.69, 9.17) is 10.5 Å². The van der Waals surface area contributed by atoms with Gasteiger partial charge in [-0.3, -0.25) is 4.99 Å². The first-order valence-corrected chi connectivity index (χ1v) is 8.13. The number of anilines is 1. The quantitative estimate of drug-likeness (QED) is 0.396. The summed E-state index contributed by atoms with van der Waals surface area (Å²) in [6.45, 7) is 8.57. The molecule has 3 N–H and O–H groups in total. The normalized spacial score (nSPS) is 11.7. The van der Waals surface area contributed by atoms with Gasteiger partial charge < -0.3 is 20.7 Å². The summed E-state index contributed by atoms with van der Waals surface area (Å²) in [6.07, 6.45) is 3.41. The molecule has 0 spiro atoms. The fraction of sp³-hybridized carbons (Fsp3) is 0.588. The molecule has 0 radical (unpaired) electrons. The molecule has 0 bridgehead atoms. The highest BCUT2D eigenvalue weighted by molar-refractivity contribution is 5.93. The van der Waals surface area contributed by atoms with E-state index in [1.54, 1.807) is 7.11 Å². The fourth-order valence-corrected chi connectivity index (χ4v) is 2.39. The van der Waals surface area contributed by atoms with E-state index in [2.05, 4.69) is 29.1 Å². The Morgan fingerprint density at radius 3 is 2.50 bits per heavy atom. The van der Waals surface area contributed by atoms with E-state index in [1.165, 1.54) is 12.8 Å². The number of hydrogen-bond donors (Lipinski definition) is 2. The predicted octanol–water partition coefficient (Wildman–Crippen LogP) is 2.93. The second-order valence-electron chi connectivity index (χ2n) is 5.29. The summed E-state index contributed by atoms with van der Waals surface area (Å²) >= 11 is 0. The standard InChI is InChI=1S/C17H30N4O/c1-4-12-21(13-5-2)14-8-11-19-17(18)20-15-9-6-7-10-16(15)22-3/h6-7,9-10H,4-5,8,11-14H2,1-3H3,(H3,18,19,20). The van der Waals surface area contributed by atoms with Gasteiger partial charge in [0.05, 0.1) is 12.8 Å². The number of aliphatic imine (C=N–C) groups is 1. The van der Waals surface area contributed by atoms with Gasteiger partial charge in [-0.05, 0) is 51.0 Å². The summed E-state index contributed by atoms with van der Waals surface area (Å²) in [5.74, 6) is 1.19. The van der Waals surface area contributed by atoms with Gasteiger partial charge in [-0.15, -0.1) is 0 Å². The molecule has 0 unspecified atom stereocenters. The molecule has 0 heterocycles. The minimum absolute atomic E-state index is 0.432. The molecule has 0 aliphatic heterocycles. The maximum Gasteiger partial charge on any atom is 0.193 e. The molecular formula is C17H30N4O. The van der Waals surface area contributed by atoms with E-state index in [-0.39, 0.29) is 0 Å². The number of benzene rings is 1. The molecule has 0 saturated carbocycles. The van der Waals surface area contributed by atoms with Crippen LogP contribution in [0.25, 0.3) is 0 Å². The van der Waals surface area contributed by atoms with E-state index in [1.807, 2.05) is 24.3 Å². The van der Waals surface area contributed by atoms with Crippen molar-refractivity contribution < 1.29 is 4.74 Å². The topological polar surface area (TPSA) is 62.9 Å². The SMILES string of the molecule is CCCN(CCC)CCCN=C(N)Nc1ccccc1OC. The molecule has 1 aromatic carbocycles. The van der Waals surface area contributed by atoms with Gasteiger partial charge in [0, 0.05) is 6.54 Å². The van der Waals surface area contributed by atoms with Crippen LogP contribution in [-0.2, 0) is 0 Å². The first-order valence-electron chi connectivity index (χ1n) is 8.13. The van der Waals surface area contributed by atoms with Crippen molar-refractivity contribution in [2.75, 3.05) is 38.6 Å². The maximum absolute atomic E-state index is 5.93. The average molecular weight is 306 g/mol. The minimum atomic E-state index is 0.432. The number of methoxy groups -OCH3 is 1. The lowest BCUT2D eigenvalue weighted by Gasteiger charge is -2.20. The van der Waals surface area contributed by atoms with Gasteiger partial charge in [0.2, 0.25) is 0 Å². The van der Waals surface area contributed by atoms with E-state index < -0.39 is 0 Å². The molecule has 0 aliphatic rings. The van der Waals surface area contributed by atoms with Crippen molar-refractivity contribution in [3.8, 4) is 5.75 Å². The van der Waals surface area contributed by atoms with Crippen molar-refractivity contribution in [1.29, 1.82) is 0 Å². The van der Waals surface area contributed by atoms with Crippen LogP contribution in [0.5, 0.6) is 5.75 Å². The van der Waals surface area contributed by atoms with Crippen LogP contribution in [0.15, 0.2) is 29.3 Å². The molecule has 0 saturated heterocycles. The second kappa shape index (κ2) is 10.9. The first kappa shape index (κ1) is 18.3. The third-order valence-electron chi connectivity index (χ3n) is 3.36. The summed E-state index contributed by atoms with van der Waals surface area (Å²) in [7, 11) is 1.64. The van der Waals surface area contributed by atoms with Gasteiger partial charge in [0.15, 0.2) is 5.96 Å². The Hall–Kier alpha value is -1.75. The van der Waals surface area contributed by atoms with Crippen LogP contribution in [0.2, 0.25) is 0 Å². The van der Waals surface area contributed by atoms with Gasteiger partial charge in [0.25, 0.3) is 0 Å². The van der Waals surface area contributed by atoms with Gasteiger partial charge in [-0.25, -0.2) is 0 Å². The van der Waals surface area contributed by atoms with Crippen LogP contribution in [0.1, 0.15) is 33.1 Å². The van der Waals surface area contributed by atoms with Crippen LogP contribution in [-0.4, -0.2) is 44.1 Å². The molecule has 0 amide bonds. The molecule has 0 aliphatic carbocycles. The van der Waals surface area contributed by atoms with Crippen molar-refractivity contribution in [2.24, 2.45) is 10.7 Å². The largest absolute Gasteiger partial charge is 0.495 e. The predicted molar refractivity (Wildman–Crippen MR) is 94.7 cm³/mol. The number of hydrogen-bond acceptors (Lipinski definition) is 3. The lowest BCUT2D eigenvalue weighted by atomic mass is 10.3. The third-order valence-corrected chi connectivity index (χ3v) is 3.36. The van der Waals surface area contributed by atoms with Gasteiger partial charge in [-0.1, -0.05) is 26.0 Å². The summed E-state index contributed by atoms with van der Waals surface area (Å²) in [4.78, 5) is 6.87. The molecule has 0 atom stereocenters. The van der Waals surface area contributed by atoms with Crippen molar-refractivity contribution in [3.05, 3.63) is 24.3 Å². The number of nitrogens with two attached hydrogens (primary N) is 1. The summed E-state index contributed by atoms with van der Waals surface area (Å²) in [6, 6.07) is 7.67. The Bertz CT molecular complexity index is 442. The molecule has 0 aromatic heterocycles. The fourth-order valence-electron chi connectivity index (χ4n) is 2.39. The van der Waals surface area contributed by atoms with Crippen LogP contribution < -0.4 is 15.8 Å². The third kappa shape index (κ3) is 6.80. The zero-order valence-corrected chi connectivity index (χ0v) is 14.1. The Kier molecular flexibility index (Phi) is 9.07. The van der Waals surface area contributed by atoms with Crippen LogP contribution in [0, 0.1) is 0 Å². The number of para-hydroxylation sites is 2. The molecule has 5 nitrogen and oxygen atoms in total. The van der Waals surface area contributed by atoms with Crippen molar-refractivity contribution >= 4 is 11.6 Å². The van der Waals surface area contributed by atoms with Crippen molar-refractivity contribution in [1.82, 2.24) is 4.90 Å². The lowest BCUT2D eigenvalue weighted by molar-refractivity contribution is 0.273. The van der Waals surface area contributed by atoms with Crippen LogP contribution in [0.4, 0.5) is 5.69 Å². The molecule has 0 fully saturated rings. The average Bonchev–Trinajstić information content (AvgIpc) is 2.52. The number of rotatable bonds is 10. The summed E-state index contributed by atoms with van der Waals surface area (Å²) < 4.78 is 5.28. The Morgan fingerprint density at radius 1 is 1.18 bits per heavy atom. The molecule has 124 valence electrons. The van der Waals surface area contributed by atoms with E-state index >= 15 is 0 Å². The highest BCUT2D eigenvalue weighted by Crippen LogP contribution is 2.22. The Balaban J connectivity index is 2.39. The molecule has 1 rings (SSSR count). The Labute approximate surface area is 134 Å². The smallest absolute Gasteiger partial charge is 0.193 e. The van der Waals surface area contributed by atoms with E-state index in [0.717, 1.165) is 44.0 Å². The minimum Gasteiger partial charge on any atom is -0.495 e. The van der Waals surface area contributed by atoms with E-state index in [0.29, 0.717) is 5.96 Å². The Morgan fingerprint density at radius 2 is 1.86 bits per heavy atom. The van der Waals surface area contributed by atoms with Gasteiger partial charge in [0.1, 0.15) is 5.75 Å². The highest BCUT2D eigenvalue weighted by Gasteiger charge is 2.03.